The Hall–Kier alpha value is -2.21. The molecule has 2 amide bonds. The summed E-state index contributed by atoms with van der Waals surface area (Å²) in [4.78, 5) is 26.1. The molecule has 1 fully saturated rings. The molecule has 1 aromatic carbocycles. The van der Waals surface area contributed by atoms with Gasteiger partial charge in [0.15, 0.2) is 0 Å². The predicted octanol–water partition coefficient (Wildman–Crippen LogP) is 1.57. The second kappa shape index (κ2) is 7.57. The average Bonchev–Trinajstić information content (AvgIpc) is 2.62. The Balaban J connectivity index is 1.62. The molecule has 24 heavy (non-hydrogen) atoms. The van der Waals surface area contributed by atoms with Gasteiger partial charge in [0.1, 0.15) is 0 Å². The maximum atomic E-state index is 12.2. The van der Waals surface area contributed by atoms with Gasteiger partial charge in [0.05, 0.1) is 25.5 Å². The predicted molar refractivity (Wildman–Crippen MR) is 90.7 cm³/mol. The minimum atomic E-state index is -0.0133. The summed E-state index contributed by atoms with van der Waals surface area (Å²) in [7, 11) is 0. The third-order valence-electron chi connectivity index (χ3n) is 4.39. The van der Waals surface area contributed by atoms with E-state index in [1.165, 1.54) is 10.6 Å². The van der Waals surface area contributed by atoms with E-state index < -0.39 is 0 Å². The Morgan fingerprint density at radius 1 is 1.17 bits per heavy atom. The van der Waals surface area contributed by atoms with Crippen LogP contribution >= 0.6 is 0 Å². The summed E-state index contributed by atoms with van der Waals surface area (Å²) in [6, 6.07) is 8.14. The van der Waals surface area contributed by atoms with Crippen LogP contribution in [0.25, 0.3) is 0 Å². The molecular weight excluding hydrogens is 306 g/mol. The lowest BCUT2D eigenvalue weighted by Gasteiger charge is -2.28. The first-order valence-electron chi connectivity index (χ1n) is 8.44. The maximum absolute atomic E-state index is 12.2. The van der Waals surface area contributed by atoms with E-state index in [9.17, 15) is 9.59 Å². The van der Waals surface area contributed by atoms with Crippen molar-refractivity contribution in [2.24, 2.45) is 5.10 Å². The quantitative estimate of drug-likeness (QED) is 0.842. The largest absolute Gasteiger partial charge is 0.378 e. The second-order valence-electron chi connectivity index (χ2n) is 6.17. The minimum absolute atomic E-state index is 0.0133. The Morgan fingerprint density at radius 3 is 2.58 bits per heavy atom. The highest BCUT2D eigenvalue weighted by molar-refractivity contribution is 6.04. The number of hydrazone groups is 1. The lowest BCUT2D eigenvalue weighted by molar-refractivity contribution is -0.137. The minimum Gasteiger partial charge on any atom is -0.378 e. The zero-order valence-corrected chi connectivity index (χ0v) is 14.0. The molecule has 3 rings (SSSR count). The van der Waals surface area contributed by atoms with Crippen LogP contribution in [0.3, 0.4) is 0 Å². The van der Waals surface area contributed by atoms with Crippen molar-refractivity contribution in [2.45, 2.75) is 26.2 Å². The van der Waals surface area contributed by atoms with E-state index in [1.54, 1.807) is 4.90 Å². The summed E-state index contributed by atoms with van der Waals surface area (Å²) >= 11 is 0. The Morgan fingerprint density at radius 2 is 1.88 bits per heavy atom. The van der Waals surface area contributed by atoms with Crippen LogP contribution in [0.1, 0.15) is 30.4 Å². The van der Waals surface area contributed by atoms with Crippen molar-refractivity contribution in [3.63, 3.8) is 0 Å². The summed E-state index contributed by atoms with van der Waals surface area (Å²) in [6.45, 7) is 4.81. The van der Waals surface area contributed by atoms with Gasteiger partial charge in [-0.1, -0.05) is 29.8 Å². The molecule has 1 aromatic rings. The van der Waals surface area contributed by atoms with E-state index in [0.717, 1.165) is 11.3 Å². The highest BCUT2D eigenvalue weighted by atomic mass is 16.5. The molecule has 0 atom stereocenters. The molecule has 0 bridgehead atoms. The fraction of sp³-hybridized carbons (Fsp3) is 0.500. The molecule has 0 aliphatic carbocycles. The van der Waals surface area contributed by atoms with Gasteiger partial charge in [-0.3, -0.25) is 9.59 Å². The third kappa shape index (κ3) is 4.00. The van der Waals surface area contributed by atoms with E-state index in [2.05, 4.69) is 5.10 Å². The zero-order chi connectivity index (χ0) is 16.9. The average molecular weight is 329 g/mol. The molecule has 2 aliphatic heterocycles. The van der Waals surface area contributed by atoms with Crippen LogP contribution in [0, 0.1) is 6.92 Å². The molecule has 0 spiro atoms. The van der Waals surface area contributed by atoms with Gasteiger partial charge in [-0.2, -0.15) is 5.10 Å². The van der Waals surface area contributed by atoms with Crippen molar-refractivity contribution in [3.8, 4) is 0 Å². The van der Waals surface area contributed by atoms with Crippen molar-refractivity contribution in [1.29, 1.82) is 0 Å². The summed E-state index contributed by atoms with van der Waals surface area (Å²) in [6.07, 6.45) is 1.39. The first-order chi connectivity index (χ1) is 11.6. The molecule has 0 radical (unpaired) electrons. The molecule has 1 saturated heterocycles. The highest BCUT2D eigenvalue weighted by Gasteiger charge is 2.23. The molecule has 0 N–H and O–H groups in total. The van der Waals surface area contributed by atoms with Gasteiger partial charge < -0.3 is 9.64 Å². The fourth-order valence-electron chi connectivity index (χ4n) is 2.90. The van der Waals surface area contributed by atoms with E-state index >= 15 is 0 Å². The first-order valence-corrected chi connectivity index (χ1v) is 8.44. The van der Waals surface area contributed by atoms with Crippen LogP contribution < -0.4 is 0 Å². The number of hydrogen-bond acceptors (Lipinski definition) is 4. The molecule has 0 unspecified atom stereocenters. The van der Waals surface area contributed by atoms with Gasteiger partial charge in [-0.15, -0.1) is 0 Å². The number of hydrogen-bond donors (Lipinski definition) is 0. The number of aryl methyl sites for hydroxylation is 1. The van der Waals surface area contributed by atoms with Crippen LogP contribution in [0.5, 0.6) is 0 Å². The number of benzene rings is 1. The monoisotopic (exact) mass is 329 g/mol. The Kier molecular flexibility index (Phi) is 5.25. The first kappa shape index (κ1) is 16.6. The normalized spacial score (nSPS) is 18.5. The highest BCUT2D eigenvalue weighted by Crippen LogP contribution is 2.16. The standard InChI is InChI=1S/C18H23N3O3/c1-14-2-4-15(5-3-14)16-6-7-18(23)21(19-16)9-8-17(22)20-10-12-24-13-11-20/h2-5H,6-13H2,1H3. The molecular formula is C18H23N3O3. The smallest absolute Gasteiger partial charge is 0.243 e. The van der Waals surface area contributed by atoms with Crippen LogP contribution in [-0.2, 0) is 14.3 Å². The summed E-state index contributed by atoms with van der Waals surface area (Å²) < 4.78 is 5.25. The molecule has 0 saturated carbocycles. The number of morpholine rings is 1. The van der Waals surface area contributed by atoms with Crippen LogP contribution in [-0.4, -0.2) is 60.3 Å². The number of rotatable bonds is 4. The van der Waals surface area contributed by atoms with Gasteiger partial charge in [0.2, 0.25) is 11.8 Å². The molecule has 6 heteroatoms. The van der Waals surface area contributed by atoms with E-state index in [1.807, 2.05) is 31.2 Å². The maximum Gasteiger partial charge on any atom is 0.243 e. The van der Waals surface area contributed by atoms with Crippen molar-refractivity contribution in [1.82, 2.24) is 9.91 Å². The molecule has 2 aliphatic rings. The van der Waals surface area contributed by atoms with Crippen molar-refractivity contribution in [2.75, 3.05) is 32.8 Å². The lowest BCUT2D eigenvalue weighted by Crippen LogP contribution is -2.42. The number of nitrogens with zero attached hydrogens (tertiary/aromatic N) is 3. The number of carbonyl (C=O) groups excluding carboxylic acids is 2. The van der Waals surface area contributed by atoms with Crippen molar-refractivity contribution < 1.29 is 14.3 Å². The van der Waals surface area contributed by atoms with E-state index in [0.29, 0.717) is 52.1 Å². The van der Waals surface area contributed by atoms with Gasteiger partial charge in [0.25, 0.3) is 0 Å². The number of amides is 2. The molecule has 6 nitrogen and oxygen atoms in total. The second-order valence-corrected chi connectivity index (χ2v) is 6.17. The van der Waals surface area contributed by atoms with Gasteiger partial charge in [-0.05, 0) is 12.5 Å². The molecule has 128 valence electrons. The lowest BCUT2D eigenvalue weighted by atomic mass is 10.0. The summed E-state index contributed by atoms with van der Waals surface area (Å²) in [5, 5.41) is 5.94. The Bertz CT molecular complexity index is 633. The molecule has 2 heterocycles. The van der Waals surface area contributed by atoms with Crippen LogP contribution in [0.4, 0.5) is 0 Å². The van der Waals surface area contributed by atoms with E-state index in [-0.39, 0.29) is 11.8 Å². The third-order valence-corrected chi connectivity index (χ3v) is 4.39. The van der Waals surface area contributed by atoms with E-state index in [4.69, 9.17) is 4.74 Å². The van der Waals surface area contributed by atoms with Gasteiger partial charge in [0, 0.05) is 32.4 Å². The van der Waals surface area contributed by atoms with Gasteiger partial charge in [-0.25, -0.2) is 5.01 Å². The zero-order valence-electron chi connectivity index (χ0n) is 14.0. The number of ether oxygens (including phenoxy) is 1. The topological polar surface area (TPSA) is 62.2 Å². The fourth-order valence-corrected chi connectivity index (χ4v) is 2.90. The Labute approximate surface area is 142 Å². The van der Waals surface area contributed by atoms with Crippen molar-refractivity contribution in [3.05, 3.63) is 35.4 Å². The van der Waals surface area contributed by atoms with Crippen LogP contribution in [0.2, 0.25) is 0 Å². The van der Waals surface area contributed by atoms with Crippen LogP contribution in [0.15, 0.2) is 29.4 Å². The number of carbonyl (C=O) groups is 2. The SMILES string of the molecule is Cc1ccc(C2=NN(CCC(=O)N3CCOCC3)C(=O)CC2)cc1. The molecule has 0 aromatic heterocycles. The van der Waals surface area contributed by atoms with Crippen molar-refractivity contribution >= 4 is 17.5 Å². The summed E-state index contributed by atoms with van der Waals surface area (Å²) in [5.74, 6) is 0.0457. The summed E-state index contributed by atoms with van der Waals surface area (Å²) in [5.41, 5.74) is 3.14. The van der Waals surface area contributed by atoms with Gasteiger partial charge >= 0.3 is 0 Å².